The van der Waals surface area contributed by atoms with Crippen LogP contribution >= 0.6 is 0 Å². The monoisotopic (exact) mass is 300 g/mol. The summed E-state index contributed by atoms with van der Waals surface area (Å²) in [7, 11) is -3.45. The fourth-order valence-corrected chi connectivity index (χ4v) is 2.80. The van der Waals surface area contributed by atoms with E-state index >= 15 is 0 Å². The van der Waals surface area contributed by atoms with E-state index in [1.165, 1.54) is 0 Å². The van der Waals surface area contributed by atoms with Gasteiger partial charge in [0.05, 0.1) is 4.90 Å². The first-order chi connectivity index (χ1) is 9.60. The molecule has 0 saturated heterocycles. The summed E-state index contributed by atoms with van der Waals surface area (Å²) >= 11 is 0. The van der Waals surface area contributed by atoms with Gasteiger partial charge in [-0.3, -0.25) is 0 Å². The van der Waals surface area contributed by atoms with E-state index in [2.05, 4.69) is 11.6 Å². The molecule has 1 aromatic rings. The van der Waals surface area contributed by atoms with Gasteiger partial charge in [-0.25, -0.2) is 13.1 Å². The molecule has 5 nitrogen and oxygen atoms in total. The lowest BCUT2D eigenvalue weighted by molar-refractivity contribution is 0.130. The molecule has 0 heterocycles. The van der Waals surface area contributed by atoms with Gasteiger partial charge < -0.3 is 10.5 Å². The predicted molar refractivity (Wildman–Crippen MR) is 79.9 cm³/mol. The number of rotatable bonds is 10. The Labute approximate surface area is 121 Å². The Bertz CT molecular complexity index is 489. The Morgan fingerprint density at radius 1 is 1.25 bits per heavy atom. The molecule has 0 atom stereocenters. The van der Waals surface area contributed by atoms with Crippen LogP contribution < -0.4 is 10.5 Å². The smallest absolute Gasteiger partial charge is 0.240 e. The highest BCUT2D eigenvalue weighted by atomic mass is 32.2. The quantitative estimate of drug-likeness (QED) is 0.644. The lowest BCUT2D eigenvalue weighted by Gasteiger charge is -2.08. The predicted octanol–water partition coefficient (Wildman–Crippen LogP) is 1.63. The molecule has 20 heavy (non-hydrogen) atoms. The first-order valence-electron chi connectivity index (χ1n) is 6.96. The Hall–Kier alpha value is -0.950. The summed E-state index contributed by atoms with van der Waals surface area (Å²) in [6, 6.07) is 6.67. The van der Waals surface area contributed by atoms with Gasteiger partial charge in [0.2, 0.25) is 10.0 Å². The summed E-state index contributed by atoms with van der Waals surface area (Å²) in [5, 5.41) is 0. The SMILES string of the molecule is CCCCOCCCNS(=O)(=O)c1cccc(CN)c1. The van der Waals surface area contributed by atoms with Crippen molar-refractivity contribution < 1.29 is 13.2 Å². The average Bonchev–Trinajstić information content (AvgIpc) is 2.46. The second-order valence-corrected chi connectivity index (χ2v) is 6.34. The van der Waals surface area contributed by atoms with Crippen LogP contribution in [0.15, 0.2) is 29.2 Å². The van der Waals surface area contributed by atoms with Gasteiger partial charge in [-0.1, -0.05) is 25.5 Å². The van der Waals surface area contributed by atoms with Crippen molar-refractivity contribution in [3.63, 3.8) is 0 Å². The van der Waals surface area contributed by atoms with Crippen LogP contribution in [0.5, 0.6) is 0 Å². The fraction of sp³-hybridized carbons (Fsp3) is 0.571. The minimum Gasteiger partial charge on any atom is -0.381 e. The Morgan fingerprint density at radius 3 is 2.70 bits per heavy atom. The van der Waals surface area contributed by atoms with Gasteiger partial charge in [-0.2, -0.15) is 0 Å². The normalized spacial score (nSPS) is 11.7. The molecular formula is C14H24N2O3S. The largest absolute Gasteiger partial charge is 0.381 e. The number of hydrogen-bond donors (Lipinski definition) is 2. The van der Waals surface area contributed by atoms with E-state index in [-0.39, 0.29) is 4.90 Å². The molecular weight excluding hydrogens is 276 g/mol. The maximum atomic E-state index is 12.0. The molecule has 1 rings (SSSR count). The van der Waals surface area contributed by atoms with Crippen molar-refractivity contribution in [3.05, 3.63) is 29.8 Å². The summed E-state index contributed by atoms with van der Waals surface area (Å²) in [4.78, 5) is 0.257. The van der Waals surface area contributed by atoms with E-state index in [9.17, 15) is 8.42 Å². The summed E-state index contributed by atoms with van der Waals surface area (Å²) in [6.07, 6.45) is 2.81. The standard InChI is InChI=1S/C14H24N2O3S/c1-2-3-9-19-10-5-8-16-20(17,18)14-7-4-6-13(11-14)12-15/h4,6-7,11,16H,2-3,5,8-10,12,15H2,1H3. The number of benzene rings is 1. The van der Waals surface area contributed by atoms with Gasteiger partial charge in [0, 0.05) is 26.3 Å². The number of nitrogens with one attached hydrogen (secondary N) is 1. The molecule has 0 aliphatic heterocycles. The van der Waals surface area contributed by atoms with Crippen LogP contribution in [0.1, 0.15) is 31.7 Å². The van der Waals surface area contributed by atoms with Crippen LogP contribution in [0, 0.1) is 0 Å². The van der Waals surface area contributed by atoms with Crippen LogP contribution in [-0.4, -0.2) is 28.2 Å². The van der Waals surface area contributed by atoms with Crippen molar-refractivity contribution in [2.75, 3.05) is 19.8 Å². The van der Waals surface area contributed by atoms with Crippen molar-refractivity contribution in [1.82, 2.24) is 4.72 Å². The van der Waals surface area contributed by atoms with Gasteiger partial charge in [-0.15, -0.1) is 0 Å². The highest BCUT2D eigenvalue weighted by Crippen LogP contribution is 2.10. The number of nitrogens with two attached hydrogens (primary N) is 1. The maximum Gasteiger partial charge on any atom is 0.240 e. The zero-order valence-electron chi connectivity index (χ0n) is 12.0. The van der Waals surface area contributed by atoms with E-state index in [1.807, 2.05) is 0 Å². The highest BCUT2D eigenvalue weighted by Gasteiger charge is 2.13. The summed E-state index contributed by atoms with van der Waals surface area (Å²) < 4.78 is 32.0. The van der Waals surface area contributed by atoms with Gasteiger partial charge in [0.1, 0.15) is 0 Å². The minimum atomic E-state index is -3.45. The van der Waals surface area contributed by atoms with Crippen molar-refractivity contribution in [2.24, 2.45) is 5.73 Å². The second-order valence-electron chi connectivity index (χ2n) is 4.57. The van der Waals surface area contributed by atoms with E-state index in [4.69, 9.17) is 10.5 Å². The maximum absolute atomic E-state index is 12.0. The summed E-state index contributed by atoms with van der Waals surface area (Å²) in [6.45, 7) is 4.12. The van der Waals surface area contributed by atoms with E-state index in [1.54, 1.807) is 24.3 Å². The molecule has 6 heteroatoms. The van der Waals surface area contributed by atoms with Gasteiger partial charge in [0.15, 0.2) is 0 Å². The van der Waals surface area contributed by atoms with Crippen LogP contribution in [0.4, 0.5) is 0 Å². The zero-order chi connectivity index (χ0) is 14.8. The van der Waals surface area contributed by atoms with Crippen molar-refractivity contribution >= 4 is 10.0 Å². The van der Waals surface area contributed by atoms with Gasteiger partial charge in [0.25, 0.3) is 0 Å². The molecule has 0 spiro atoms. The van der Waals surface area contributed by atoms with E-state index < -0.39 is 10.0 Å². The first-order valence-corrected chi connectivity index (χ1v) is 8.45. The van der Waals surface area contributed by atoms with Crippen LogP contribution in [0.3, 0.4) is 0 Å². The van der Waals surface area contributed by atoms with Crippen molar-refractivity contribution in [1.29, 1.82) is 0 Å². The molecule has 0 saturated carbocycles. The first kappa shape index (κ1) is 17.1. The van der Waals surface area contributed by atoms with Gasteiger partial charge in [-0.05, 0) is 30.5 Å². The molecule has 1 aromatic carbocycles. The average molecular weight is 300 g/mol. The molecule has 0 amide bonds. The molecule has 3 N–H and O–H groups in total. The number of ether oxygens (including phenoxy) is 1. The lowest BCUT2D eigenvalue weighted by Crippen LogP contribution is -2.25. The third kappa shape index (κ3) is 6.00. The van der Waals surface area contributed by atoms with Crippen LogP contribution in [-0.2, 0) is 21.3 Å². The molecule has 0 fully saturated rings. The zero-order valence-corrected chi connectivity index (χ0v) is 12.8. The van der Waals surface area contributed by atoms with Gasteiger partial charge >= 0.3 is 0 Å². The Kier molecular flexibility index (Phi) is 7.76. The molecule has 0 radical (unpaired) electrons. The molecule has 114 valence electrons. The molecule has 0 unspecified atom stereocenters. The second kappa shape index (κ2) is 9.07. The van der Waals surface area contributed by atoms with Crippen LogP contribution in [0.25, 0.3) is 0 Å². The fourth-order valence-electron chi connectivity index (χ4n) is 1.65. The van der Waals surface area contributed by atoms with Crippen molar-refractivity contribution in [2.45, 2.75) is 37.6 Å². The number of hydrogen-bond acceptors (Lipinski definition) is 4. The molecule has 0 aliphatic rings. The minimum absolute atomic E-state index is 0.257. The van der Waals surface area contributed by atoms with Crippen molar-refractivity contribution in [3.8, 4) is 0 Å². The molecule has 0 bridgehead atoms. The lowest BCUT2D eigenvalue weighted by atomic mass is 10.2. The number of unbranched alkanes of at least 4 members (excludes halogenated alkanes) is 1. The third-order valence-electron chi connectivity index (χ3n) is 2.84. The van der Waals surface area contributed by atoms with E-state index in [0.717, 1.165) is 25.0 Å². The Morgan fingerprint density at radius 2 is 2.00 bits per heavy atom. The Balaban J connectivity index is 2.37. The van der Waals surface area contributed by atoms with E-state index in [0.29, 0.717) is 26.1 Å². The molecule has 0 aromatic heterocycles. The summed E-state index contributed by atoms with van der Waals surface area (Å²) in [5.41, 5.74) is 6.31. The molecule has 0 aliphatic carbocycles. The highest BCUT2D eigenvalue weighted by molar-refractivity contribution is 7.89. The topological polar surface area (TPSA) is 81.4 Å². The summed E-state index contributed by atoms with van der Waals surface area (Å²) in [5.74, 6) is 0. The van der Waals surface area contributed by atoms with Crippen LogP contribution in [0.2, 0.25) is 0 Å². The third-order valence-corrected chi connectivity index (χ3v) is 4.30. The number of sulfonamides is 1.